The maximum absolute atomic E-state index is 8.79. The molecule has 0 radical (unpaired) electrons. The van der Waals surface area contributed by atoms with Gasteiger partial charge in [0.25, 0.3) is 0 Å². The van der Waals surface area contributed by atoms with Crippen LogP contribution >= 0.6 is 0 Å². The Hall–Kier alpha value is -2.34. The molecule has 0 aliphatic carbocycles. The lowest BCUT2D eigenvalue weighted by atomic mass is 10.1. The summed E-state index contributed by atoms with van der Waals surface area (Å²) in [6.45, 7) is 3.83. The lowest BCUT2D eigenvalue weighted by Crippen LogP contribution is -2.49. The molecule has 1 aromatic carbocycles. The van der Waals surface area contributed by atoms with Crippen LogP contribution in [0.2, 0.25) is 0 Å². The second kappa shape index (κ2) is 5.57. The number of hydrogen-bond acceptors (Lipinski definition) is 5. The van der Waals surface area contributed by atoms with Crippen molar-refractivity contribution in [2.24, 2.45) is 10.9 Å². The number of anilines is 1. The van der Waals surface area contributed by atoms with E-state index in [0.29, 0.717) is 13.2 Å². The SMILES string of the molecule is Cc1cc2ccccc2nc1N1CCOC(C(N)=NO)C1. The van der Waals surface area contributed by atoms with Crippen LogP contribution in [0, 0.1) is 6.92 Å². The fourth-order valence-electron chi connectivity index (χ4n) is 2.62. The highest BCUT2D eigenvalue weighted by Crippen LogP contribution is 2.24. The molecule has 6 heteroatoms. The van der Waals surface area contributed by atoms with Crippen LogP contribution in [0.15, 0.2) is 35.5 Å². The van der Waals surface area contributed by atoms with Crippen molar-refractivity contribution in [2.45, 2.75) is 13.0 Å². The van der Waals surface area contributed by atoms with Crippen molar-refractivity contribution in [1.29, 1.82) is 0 Å². The minimum absolute atomic E-state index is 0.0955. The standard InChI is InChI=1S/C15H18N4O2/c1-10-8-11-4-2-3-5-12(11)17-15(10)19-6-7-21-13(9-19)14(16)18-20/h2-5,8,13,20H,6-7,9H2,1H3,(H2,16,18). The molecule has 2 heterocycles. The monoisotopic (exact) mass is 286 g/mol. The van der Waals surface area contributed by atoms with Gasteiger partial charge in [-0.05, 0) is 24.6 Å². The summed E-state index contributed by atoms with van der Waals surface area (Å²) in [6, 6.07) is 10.2. The summed E-state index contributed by atoms with van der Waals surface area (Å²) in [5, 5.41) is 12.9. The van der Waals surface area contributed by atoms with Gasteiger partial charge >= 0.3 is 0 Å². The molecule has 3 rings (SSSR count). The normalized spacial score (nSPS) is 20.0. The van der Waals surface area contributed by atoms with E-state index in [4.69, 9.17) is 20.7 Å². The molecule has 6 nitrogen and oxygen atoms in total. The Kier molecular flexibility index (Phi) is 3.62. The van der Waals surface area contributed by atoms with E-state index in [1.54, 1.807) is 0 Å². The van der Waals surface area contributed by atoms with E-state index in [1.807, 2.05) is 25.1 Å². The number of nitrogens with two attached hydrogens (primary N) is 1. The predicted molar refractivity (Wildman–Crippen MR) is 81.8 cm³/mol. The van der Waals surface area contributed by atoms with E-state index in [-0.39, 0.29) is 5.84 Å². The Morgan fingerprint density at radius 2 is 2.29 bits per heavy atom. The molecule has 1 atom stereocenters. The predicted octanol–water partition coefficient (Wildman–Crippen LogP) is 1.49. The van der Waals surface area contributed by atoms with Gasteiger partial charge in [0.05, 0.1) is 18.7 Å². The molecule has 1 saturated heterocycles. The summed E-state index contributed by atoms with van der Waals surface area (Å²) >= 11 is 0. The summed E-state index contributed by atoms with van der Waals surface area (Å²) in [4.78, 5) is 6.86. The minimum Gasteiger partial charge on any atom is -0.409 e. The third-order valence-corrected chi connectivity index (χ3v) is 3.70. The average molecular weight is 286 g/mol. The molecule has 0 spiro atoms. The molecule has 1 fully saturated rings. The molecule has 0 bridgehead atoms. The van der Waals surface area contributed by atoms with E-state index in [9.17, 15) is 0 Å². The van der Waals surface area contributed by atoms with Crippen molar-refractivity contribution >= 4 is 22.6 Å². The molecule has 21 heavy (non-hydrogen) atoms. The number of pyridine rings is 1. The lowest BCUT2D eigenvalue weighted by molar-refractivity contribution is 0.0804. The first kappa shape index (κ1) is 13.6. The van der Waals surface area contributed by atoms with Gasteiger partial charge in [0.2, 0.25) is 0 Å². The largest absolute Gasteiger partial charge is 0.409 e. The number of aryl methyl sites for hydroxylation is 1. The summed E-state index contributed by atoms with van der Waals surface area (Å²) in [5.41, 5.74) is 7.71. The number of rotatable bonds is 2. The third-order valence-electron chi connectivity index (χ3n) is 3.70. The number of amidine groups is 1. The van der Waals surface area contributed by atoms with Crippen LogP contribution in [0.1, 0.15) is 5.56 Å². The second-order valence-corrected chi connectivity index (χ2v) is 5.15. The Bertz CT molecular complexity index is 686. The van der Waals surface area contributed by atoms with Gasteiger partial charge in [0.1, 0.15) is 11.9 Å². The molecule has 1 aromatic heterocycles. The van der Waals surface area contributed by atoms with Gasteiger partial charge in [-0.15, -0.1) is 0 Å². The highest BCUT2D eigenvalue weighted by Gasteiger charge is 2.25. The van der Waals surface area contributed by atoms with Crippen LogP contribution in [0.4, 0.5) is 5.82 Å². The zero-order valence-corrected chi connectivity index (χ0v) is 11.9. The van der Waals surface area contributed by atoms with Gasteiger partial charge in [0, 0.05) is 11.9 Å². The van der Waals surface area contributed by atoms with Crippen molar-refractivity contribution in [3.05, 3.63) is 35.9 Å². The van der Waals surface area contributed by atoms with Crippen LogP contribution in [-0.4, -0.2) is 41.8 Å². The van der Waals surface area contributed by atoms with Crippen LogP contribution in [0.25, 0.3) is 10.9 Å². The van der Waals surface area contributed by atoms with E-state index in [2.05, 4.69) is 22.2 Å². The lowest BCUT2D eigenvalue weighted by Gasteiger charge is -2.33. The van der Waals surface area contributed by atoms with Gasteiger partial charge in [-0.2, -0.15) is 0 Å². The van der Waals surface area contributed by atoms with Gasteiger partial charge in [-0.3, -0.25) is 0 Å². The van der Waals surface area contributed by atoms with E-state index in [1.165, 1.54) is 0 Å². The number of aromatic nitrogens is 1. The number of para-hydroxylation sites is 1. The highest BCUT2D eigenvalue weighted by atomic mass is 16.5. The molecular formula is C15H18N4O2. The first-order valence-electron chi connectivity index (χ1n) is 6.89. The van der Waals surface area contributed by atoms with Crippen LogP contribution in [0.5, 0.6) is 0 Å². The number of morpholine rings is 1. The van der Waals surface area contributed by atoms with Crippen LogP contribution < -0.4 is 10.6 Å². The molecule has 1 aliphatic heterocycles. The molecule has 0 saturated carbocycles. The first-order valence-corrected chi connectivity index (χ1v) is 6.89. The molecule has 1 unspecified atom stereocenters. The highest BCUT2D eigenvalue weighted by molar-refractivity contribution is 5.85. The average Bonchev–Trinajstić information content (AvgIpc) is 2.53. The summed E-state index contributed by atoms with van der Waals surface area (Å²) < 4.78 is 5.52. The maximum atomic E-state index is 8.79. The second-order valence-electron chi connectivity index (χ2n) is 5.15. The topological polar surface area (TPSA) is 84.0 Å². The van der Waals surface area contributed by atoms with Crippen molar-refractivity contribution in [1.82, 2.24) is 4.98 Å². The van der Waals surface area contributed by atoms with Crippen molar-refractivity contribution < 1.29 is 9.94 Å². The van der Waals surface area contributed by atoms with E-state index < -0.39 is 6.10 Å². The van der Waals surface area contributed by atoms with Gasteiger partial charge in [-0.1, -0.05) is 23.4 Å². The number of nitrogens with zero attached hydrogens (tertiary/aromatic N) is 3. The summed E-state index contributed by atoms with van der Waals surface area (Å²) in [7, 11) is 0. The van der Waals surface area contributed by atoms with Crippen LogP contribution in [0.3, 0.4) is 0 Å². The van der Waals surface area contributed by atoms with Crippen molar-refractivity contribution in [3.8, 4) is 0 Å². The van der Waals surface area contributed by atoms with E-state index in [0.717, 1.165) is 28.8 Å². The smallest absolute Gasteiger partial charge is 0.170 e. The Balaban J connectivity index is 1.94. The maximum Gasteiger partial charge on any atom is 0.170 e. The number of fused-ring (bicyclic) bond motifs is 1. The Morgan fingerprint density at radius 3 is 3.10 bits per heavy atom. The van der Waals surface area contributed by atoms with Crippen molar-refractivity contribution in [3.63, 3.8) is 0 Å². The Morgan fingerprint density at radius 1 is 1.48 bits per heavy atom. The molecule has 1 aliphatic rings. The molecule has 110 valence electrons. The fraction of sp³-hybridized carbons (Fsp3) is 0.333. The fourth-order valence-corrected chi connectivity index (χ4v) is 2.62. The van der Waals surface area contributed by atoms with Gasteiger partial charge < -0.3 is 20.6 Å². The first-order chi connectivity index (χ1) is 10.2. The molecular weight excluding hydrogens is 268 g/mol. The number of ether oxygens (including phenoxy) is 1. The number of benzene rings is 1. The molecule has 2 aromatic rings. The van der Waals surface area contributed by atoms with Gasteiger partial charge in [0.15, 0.2) is 5.84 Å². The van der Waals surface area contributed by atoms with E-state index >= 15 is 0 Å². The quantitative estimate of drug-likeness (QED) is 0.378. The number of oxime groups is 1. The minimum atomic E-state index is -0.406. The number of hydrogen-bond donors (Lipinski definition) is 2. The summed E-state index contributed by atoms with van der Waals surface area (Å²) in [5.74, 6) is 1.02. The molecule has 0 amide bonds. The zero-order valence-electron chi connectivity index (χ0n) is 11.9. The Labute approximate surface area is 122 Å². The zero-order chi connectivity index (χ0) is 14.8. The van der Waals surface area contributed by atoms with Crippen molar-refractivity contribution in [2.75, 3.05) is 24.6 Å². The summed E-state index contributed by atoms with van der Waals surface area (Å²) in [6.07, 6.45) is -0.406. The third kappa shape index (κ3) is 2.62. The molecule has 3 N–H and O–H groups in total. The van der Waals surface area contributed by atoms with Crippen LogP contribution in [-0.2, 0) is 4.74 Å². The van der Waals surface area contributed by atoms with Gasteiger partial charge in [-0.25, -0.2) is 4.98 Å².